The molecule has 5 nitrogen and oxygen atoms in total. The van der Waals surface area contributed by atoms with Gasteiger partial charge < -0.3 is 0 Å². The Bertz CT molecular complexity index is 1020. The molecule has 4 rings (SSSR count). The van der Waals surface area contributed by atoms with Crippen molar-refractivity contribution in [3.63, 3.8) is 0 Å². The maximum absolute atomic E-state index is 12.7. The van der Waals surface area contributed by atoms with E-state index < -0.39 is 0 Å². The van der Waals surface area contributed by atoms with Crippen LogP contribution in [0.1, 0.15) is 0 Å². The van der Waals surface area contributed by atoms with Crippen LogP contribution in [0.2, 0.25) is 5.02 Å². The highest BCUT2D eigenvalue weighted by Gasteiger charge is 2.13. The van der Waals surface area contributed by atoms with Crippen molar-refractivity contribution < 1.29 is 0 Å². The van der Waals surface area contributed by atoms with E-state index in [9.17, 15) is 4.79 Å². The minimum atomic E-state index is -0.176. The Morgan fingerprint density at radius 3 is 2.86 bits per heavy atom. The molecule has 0 bridgehead atoms. The number of benzene rings is 1. The van der Waals surface area contributed by atoms with Crippen LogP contribution in [0, 0.1) is 0 Å². The molecule has 4 aromatic rings. The maximum atomic E-state index is 12.7. The van der Waals surface area contributed by atoms with Gasteiger partial charge in [0.25, 0.3) is 5.56 Å². The van der Waals surface area contributed by atoms with E-state index in [0.717, 1.165) is 16.3 Å². The lowest BCUT2D eigenvalue weighted by Gasteiger charge is -2.11. The van der Waals surface area contributed by atoms with Crippen molar-refractivity contribution in [1.29, 1.82) is 0 Å². The summed E-state index contributed by atoms with van der Waals surface area (Å²) in [5.41, 5.74) is 1.71. The Morgan fingerprint density at radius 2 is 2.05 bits per heavy atom. The average molecular weight is 297 g/mol. The number of halogens is 1. The standard InChI is InChI=1S/C15H9ClN4O/c16-9-3-4-11-12-8-18-19-14(12)15(21)20(13(11)6-9)10-2-1-5-17-7-10/h1-8H,(H,18,19). The quantitative estimate of drug-likeness (QED) is 0.587. The number of nitrogens with zero attached hydrogens (tertiary/aromatic N) is 3. The van der Waals surface area contributed by atoms with Crippen LogP contribution in [0.5, 0.6) is 0 Å². The van der Waals surface area contributed by atoms with Crippen LogP contribution in [-0.2, 0) is 0 Å². The van der Waals surface area contributed by atoms with Crippen LogP contribution in [0.25, 0.3) is 27.5 Å². The van der Waals surface area contributed by atoms with Crippen LogP contribution >= 0.6 is 11.6 Å². The highest BCUT2D eigenvalue weighted by molar-refractivity contribution is 6.31. The van der Waals surface area contributed by atoms with Gasteiger partial charge in [0.05, 0.1) is 23.6 Å². The summed E-state index contributed by atoms with van der Waals surface area (Å²) < 4.78 is 1.59. The molecule has 1 aromatic carbocycles. The third-order valence-electron chi connectivity index (χ3n) is 3.45. The van der Waals surface area contributed by atoms with Gasteiger partial charge in [-0.2, -0.15) is 5.10 Å². The molecule has 0 atom stereocenters. The molecule has 102 valence electrons. The van der Waals surface area contributed by atoms with Crippen molar-refractivity contribution in [1.82, 2.24) is 19.7 Å². The van der Waals surface area contributed by atoms with Crippen LogP contribution in [0.4, 0.5) is 0 Å². The number of aromatic amines is 1. The molecule has 0 saturated carbocycles. The highest BCUT2D eigenvalue weighted by Crippen LogP contribution is 2.26. The first-order valence-corrected chi connectivity index (χ1v) is 6.71. The molecular weight excluding hydrogens is 288 g/mol. The van der Waals surface area contributed by atoms with Crippen molar-refractivity contribution in [3.8, 4) is 5.69 Å². The van der Waals surface area contributed by atoms with Gasteiger partial charge in [0.15, 0.2) is 0 Å². The summed E-state index contributed by atoms with van der Waals surface area (Å²) in [7, 11) is 0. The molecule has 0 saturated heterocycles. The summed E-state index contributed by atoms with van der Waals surface area (Å²) in [5.74, 6) is 0. The first-order chi connectivity index (χ1) is 10.3. The fourth-order valence-corrected chi connectivity index (χ4v) is 2.70. The van der Waals surface area contributed by atoms with Crippen LogP contribution in [-0.4, -0.2) is 19.7 Å². The van der Waals surface area contributed by atoms with Gasteiger partial charge in [-0.05, 0) is 24.3 Å². The molecule has 0 aliphatic heterocycles. The molecule has 3 heterocycles. The number of aromatic nitrogens is 4. The first kappa shape index (κ1) is 12.1. The minimum Gasteiger partial charge on any atom is -0.273 e. The summed E-state index contributed by atoms with van der Waals surface area (Å²) in [4.78, 5) is 16.8. The molecular formula is C15H9ClN4O. The van der Waals surface area contributed by atoms with E-state index in [1.807, 2.05) is 12.1 Å². The lowest BCUT2D eigenvalue weighted by Crippen LogP contribution is -2.19. The highest BCUT2D eigenvalue weighted by atomic mass is 35.5. The number of fused-ring (bicyclic) bond motifs is 3. The van der Waals surface area contributed by atoms with Crippen molar-refractivity contribution in [2.75, 3.05) is 0 Å². The van der Waals surface area contributed by atoms with Gasteiger partial charge in [-0.15, -0.1) is 0 Å². The molecule has 6 heteroatoms. The van der Waals surface area contributed by atoms with Crippen molar-refractivity contribution in [2.24, 2.45) is 0 Å². The van der Waals surface area contributed by atoms with Gasteiger partial charge in [0.2, 0.25) is 0 Å². The van der Waals surface area contributed by atoms with Crippen molar-refractivity contribution >= 4 is 33.4 Å². The lowest BCUT2D eigenvalue weighted by molar-refractivity contribution is 1.02. The largest absolute Gasteiger partial charge is 0.281 e. The molecule has 0 radical (unpaired) electrons. The Hall–Kier alpha value is -2.66. The first-order valence-electron chi connectivity index (χ1n) is 6.33. The van der Waals surface area contributed by atoms with E-state index in [1.165, 1.54) is 0 Å². The number of hydrogen-bond acceptors (Lipinski definition) is 3. The number of hydrogen-bond donors (Lipinski definition) is 1. The summed E-state index contributed by atoms with van der Waals surface area (Å²) in [6.07, 6.45) is 4.96. The van der Waals surface area contributed by atoms with Gasteiger partial charge in [0.1, 0.15) is 5.52 Å². The second-order valence-corrected chi connectivity index (χ2v) is 5.11. The zero-order chi connectivity index (χ0) is 14.4. The Morgan fingerprint density at radius 1 is 1.14 bits per heavy atom. The number of nitrogens with one attached hydrogen (secondary N) is 1. The van der Waals surface area contributed by atoms with Gasteiger partial charge in [-0.3, -0.25) is 19.4 Å². The number of rotatable bonds is 1. The summed E-state index contributed by atoms with van der Waals surface area (Å²) in [6, 6.07) is 9.08. The minimum absolute atomic E-state index is 0.176. The van der Waals surface area contributed by atoms with Gasteiger partial charge >= 0.3 is 0 Å². The van der Waals surface area contributed by atoms with E-state index >= 15 is 0 Å². The Labute approximate surface area is 123 Å². The topological polar surface area (TPSA) is 63.6 Å². The summed E-state index contributed by atoms with van der Waals surface area (Å²) in [5, 5.41) is 9.02. The molecule has 1 N–H and O–H groups in total. The Balaban J connectivity index is 2.28. The number of pyridine rings is 2. The van der Waals surface area contributed by atoms with E-state index in [1.54, 1.807) is 41.4 Å². The SMILES string of the molecule is O=c1c2[nH]ncc2c2ccc(Cl)cc2n1-c1cccnc1. The lowest BCUT2D eigenvalue weighted by atomic mass is 10.1. The fraction of sp³-hybridized carbons (Fsp3) is 0. The zero-order valence-corrected chi connectivity index (χ0v) is 11.5. The molecule has 0 aliphatic carbocycles. The molecule has 0 aliphatic rings. The molecule has 3 aromatic heterocycles. The van der Waals surface area contributed by atoms with Gasteiger partial charge in [-0.25, -0.2) is 0 Å². The maximum Gasteiger partial charge on any atom is 0.281 e. The monoisotopic (exact) mass is 296 g/mol. The third kappa shape index (κ3) is 1.75. The predicted molar refractivity (Wildman–Crippen MR) is 82.0 cm³/mol. The van der Waals surface area contributed by atoms with E-state index in [4.69, 9.17) is 11.6 Å². The van der Waals surface area contributed by atoms with E-state index in [-0.39, 0.29) is 5.56 Å². The van der Waals surface area contributed by atoms with Gasteiger partial charge in [-0.1, -0.05) is 17.7 Å². The van der Waals surface area contributed by atoms with E-state index in [2.05, 4.69) is 15.2 Å². The average Bonchev–Trinajstić information content (AvgIpc) is 2.98. The van der Waals surface area contributed by atoms with E-state index in [0.29, 0.717) is 16.2 Å². The number of H-pyrrole nitrogens is 1. The predicted octanol–water partition coefficient (Wildman–Crippen LogP) is 2.92. The smallest absolute Gasteiger partial charge is 0.273 e. The van der Waals surface area contributed by atoms with Crippen LogP contribution in [0.3, 0.4) is 0 Å². The molecule has 0 fully saturated rings. The Kier molecular flexibility index (Phi) is 2.55. The van der Waals surface area contributed by atoms with Crippen molar-refractivity contribution in [3.05, 3.63) is 64.3 Å². The van der Waals surface area contributed by atoms with Crippen molar-refractivity contribution in [2.45, 2.75) is 0 Å². The second-order valence-electron chi connectivity index (χ2n) is 4.67. The molecule has 0 amide bonds. The third-order valence-corrected chi connectivity index (χ3v) is 3.69. The molecule has 21 heavy (non-hydrogen) atoms. The second kappa shape index (κ2) is 4.43. The normalized spacial score (nSPS) is 11.3. The van der Waals surface area contributed by atoms with Crippen LogP contribution < -0.4 is 5.56 Å². The zero-order valence-electron chi connectivity index (χ0n) is 10.7. The summed E-state index contributed by atoms with van der Waals surface area (Å²) in [6.45, 7) is 0. The fourth-order valence-electron chi connectivity index (χ4n) is 2.53. The van der Waals surface area contributed by atoms with Gasteiger partial charge in [0, 0.05) is 22.0 Å². The molecule has 0 unspecified atom stereocenters. The van der Waals surface area contributed by atoms with Crippen LogP contribution in [0.15, 0.2) is 53.7 Å². The molecule has 0 spiro atoms. The summed E-state index contributed by atoms with van der Waals surface area (Å²) >= 11 is 6.10.